The van der Waals surface area contributed by atoms with Crippen LogP contribution in [0.2, 0.25) is 0 Å². The minimum absolute atomic E-state index is 0.827. The molecule has 0 heterocycles. The summed E-state index contributed by atoms with van der Waals surface area (Å²) < 4.78 is 5.21. The number of ether oxygens (including phenoxy) is 1. The molecule has 0 fully saturated rings. The maximum absolute atomic E-state index is 6.03. The molecule has 100 valence electrons. The van der Waals surface area contributed by atoms with E-state index in [1.165, 1.54) is 5.56 Å². The largest absolute Gasteiger partial charge is 0.497 e. The number of para-hydroxylation sites is 1. The van der Waals surface area contributed by atoms with Crippen molar-refractivity contribution in [3.05, 3.63) is 53.6 Å². The third-order valence-electron chi connectivity index (χ3n) is 3.19. The average molecular weight is 256 g/mol. The van der Waals surface area contributed by atoms with E-state index in [0.29, 0.717) is 0 Å². The summed E-state index contributed by atoms with van der Waals surface area (Å²) in [4.78, 5) is 0. The zero-order chi connectivity index (χ0) is 13.7. The van der Waals surface area contributed by atoms with Gasteiger partial charge in [0, 0.05) is 6.54 Å². The van der Waals surface area contributed by atoms with E-state index in [-0.39, 0.29) is 0 Å². The summed E-state index contributed by atoms with van der Waals surface area (Å²) in [6.07, 6.45) is 0.935. The molecule has 2 aromatic rings. The molecule has 0 aliphatic heterocycles. The molecule has 0 aromatic heterocycles. The topological polar surface area (TPSA) is 47.3 Å². The van der Waals surface area contributed by atoms with Crippen molar-refractivity contribution in [2.45, 2.75) is 13.3 Å². The van der Waals surface area contributed by atoms with Crippen molar-refractivity contribution in [3.8, 4) is 5.75 Å². The third kappa shape index (κ3) is 3.41. The van der Waals surface area contributed by atoms with Crippen LogP contribution in [-0.4, -0.2) is 13.7 Å². The molecule has 0 saturated heterocycles. The molecule has 0 unspecified atom stereocenters. The molecule has 3 N–H and O–H groups in total. The molecular formula is C16H20N2O. The predicted octanol–water partition coefficient (Wildman–Crippen LogP) is 3.24. The second-order valence-corrected chi connectivity index (χ2v) is 4.56. The highest BCUT2D eigenvalue weighted by molar-refractivity contribution is 5.69. The highest BCUT2D eigenvalue weighted by atomic mass is 16.5. The van der Waals surface area contributed by atoms with Crippen molar-refractivity contribution in [1.82, 2.24) is 0 Å². The molecule has 19 heavy (non-hydrogen) atoms. The van der Waals surface area contributed by atoms with Crippen LogP contribution in [0.15, 0.2) is 42.5 Å². The molecule has 0 saturated carbocycles. The summed E-state index contributed by atoms with van der Waals surface area (Å²) in [5.74, 6) is 0.896. The van der Waals surface area contributed by atoms with E-state index in [9.17, 15) is 0 Å². The van der Waals surface area contributed by atoms with E-state index in [4.69, 9.17) is 10.5 Å². The van der Waals surface area contributed by atoms with Crippen molar-refractivity contribution in [3.63, 3.8) is 0 Å². The van der Waals surface area contributed by atoms with Gasteiger partial charge in [-0.3, -0.25) is 0 Å². The van der Waals surface area contributed by atoms with E-state index in [2.05, 4.69) is 17.4 Å². The van der Waals surface area contributed by atoms with Gasteiger partial charge in [-0.2, -0.15) is 0 Å². The molecule has 0 aliphatic rings. The molecule has 0 atom stereocenters. The van der Waals surface area contributed by atoms with Crippen molar-refractivity contribution >= 4 is 11.4 Å². The molecule has 2 rings (SSSR count). The second kappa shape index (κ2) is 6.14. The molecule has 0 aliphatic carbocycles. The number of rotatable bonds is 5. The molecular weight excluding hydrogens is 236 g/mol. The third-order valence-corrected chi connectivity index (χ3v) is 3.19. The fraction of sp³-hybridized carbons (Fsp3) is 0.250. The Morgan fingerprint density at radius 2 is 1.95 bits per heavy atom. The zero-order valence-corrected chi connectivity index (χ0v) is 11.4. The molecule has 2 aromatic carbocycles. The number of methoxy groups -OCH3 is 1. The van der Waals surface area contributed by atoms with Crippen LogP contribution < -0.4 is 15.8 Å². The summed E-state index contributed by atoms with van der Waals surface area (Å²) in [6, 6.07) is 14.2. The lowest BCUT2D eigenvalue weighted by atomic mass is 10.1. The van der Waals surface area contributed by atoms with E-state index >= 15 is 0 Å². The summed E-state index contributed by atoms with van der Waals surface area (Å²) in [5.41, 5.74) is 10.2. The van der Waals surface area contributed by atoms with Gasteiger partial charge in [0.1, 0.15) is 5.75 Å². The first-order chi connectivity index (χ1) is 9.20. The Morgan fingerprint density at radius 1 is 1.16 bits per heavy atom. The van der Waals surface area contributed by atoms with Gasteiger partial charge in [-0.05, 0) is 42.7 Å². The number of anilines is 2. The number of hydrogen-bond donors (Lipinski definition) is 2. The van der Waals surface area contributed by atoms with Crippen molar-refractivity contribution in [2.75, 3.05) is 24.7 Å². The first kappa shape index (κ1) is 13.3. The fourth-order valence-electron chi connectivity index (χ4n) is 2.00. The number of benzene rings is 2. The summed E-state index contributed by atoms with van der Waals surface area (Å²) >= 11 is 0. The standard InChI is InChI=1S/C16H20N2O/c1-12-5-3-8-15(16(12)17)18-10-9-13-6-4-7-14(11-13)19-2/h3-8,11,18H,9-10,17H2,1-2H3. The zero-order valence-electron chi connectivity index (χ0n) is 11.4. The Labute approximate surface area is 114 Å². The molecule has 0 radical (unpaired) electrons. The summed E-state index contributed by atoms with van der Waals surface area (Å²) in [5, 5.41) is 3.37. The summed E-state index contributed by atoms with van der Waals surface area (Å²) in [6.45, 7) is 2.86. The first-order valence-electron chi connectivity index (χ1n) is 6.42. The van der Waals surface area contributed by atoms with Crippen molar-refractivity contribution < 1.29 is 4.74 Å². The lowest BCUT2D eigenvalue weighted by Crippen LogP contribution is -2.07. The van der Waals surface area contributed by atoms with Gasteiger partial charge >= 0.3 is 0 Å². The molecule has 0 spiro atoms. The van der Waals surface area contributed by atoms with E-state index in [0.717, 1.165) is 35.7 Å². The van der Waals surface area contributed by atoms with Gasteiger partial charge in [0.25, 0.3) is 0 Å². The average Bonchev–Trinajstić information content (AvgIpc) is 2.44. The summed E-state index contributed by atoms with van der Waals surface area (Å²) in [7, 11) is 1.69. The molecule has 0 bridgehead atoms. The van der Waals surface area contributed by atoms with Gasteiger partial charge in [0.05, 0.1) is 18.5 Å². The fourth-order valence-corrected chi connectivity index (χ4v) is 2.00. The van der Waals surface area contributed by atoms with Gasteiger partial charge < -0.3 is 15.8 Å². The normalized spacial score (nSPS) is 10.2. The van der Waals surface area contributed by atoms with Gasteiger partial charge in [-0.15, -0.1) is 0 Å². The number of nitrogens with one attached hydrogen (secondary N) is 1. The minimum atomic E-state index is 0.827. The van der Waals surface area contributed by atoms with E-state index in [1.54, 1.807) is 7.11 Å². The number of aryl methyl sites for hydroxylation is 1. The van der Waals surface area contributed by atoms with Gasteiger partial charge in [0.2, 0.25) is 0 Å². The lowest BCUT2D eigenvalue weighted by molar-refractivity contribution is 0.414. The van der Waals surface area contributed by atoms with Gasteiger partial charge in [-0.1, -0.05) is 24.3 Å². The van der Waals surface area contributed by atoms with Gasteiger partial charge in [0.15, 0.2) is 0 Å². The van der Waals surface area contributed by atoms with E-state index in [1.807, 2.05) is 37.3 Å². The maximum Gasteiger partial charge on any atom is 0.119 e. The molecule has 3 heteroatoms. The Hall–Kier alpha value is -2.16. The Kier molecular flexibility index (Phi) is 4.29. The SMILES string of the molecule is COc1cccc(CCNc2cccc(C)c2N)c1. The molecule has 3 nitrogen and oxygen atoms in total. The maximum atomic E-state index is 6.03. The van der Waals surface area contributed by atoms with Crippen LogP contribution in [-0.2, 0) is 6.42 Å². The van der Waals surface area contributed by atoms with Crippen LogP contribution >= 0.6 is 0 Å². The Balaban J connectivity index is 1.94. The number of nitrogen functional groups attached to an aromatic ring is 1. The quantitative estimate of drug-likeness (QED) is 0.807. The van der Waals surface area contributed by atoms with Crippen LogP contribution in [0, 0.1) is 6.92 Å². The first-order valence-corrected chi connectivity index (χ1v) is 6.42. The van der Waals surface area contributed by atoms with Gasteiger partial charge in [-0.25, -0.2) is 0 Å². The number of hydrogen-bond acceptors (Lipinski definition) is 3. The number of nitrogens with two attached hydrogens (primary N) is 1. The van der Waals surface area contributed by atoms with Crippen LogP contribution in [0.25, 0.3) is 0 Å². The Morgan fingerprint density at radius 3 is 2.74 bits per heavy atom. The van der Waals surface area contributed by atoms with Crippen molar-refractivity contribution in [1.29, 1.82) is 0 Å². The smallest absolute Gasteiger partial charge is 0.119 e. The highest BCUT2D eigenvalue weighted by Crippen LogP contribution is 2.21. The van der Waals surface area contributed by atoms with Crippen LogP contribution in [0.1, 0.15) is 11.1 Å². The van der Waals surface area contributed by atoms with E-state index < -0.39 is 0 Å². The highest BCUT2D eigenvalue weighted by Gasteiger charge is 2.01. The lowest BCUT2D eigenvalue weighted by Gasteiger charge is -2.11. The molecule has 0 amide bonds. The minimum Gasteiger partial charge on any atom is -0.497 e. The van der Waals surface area contributed by atoms with Crippen LogP contribution in [0.4, 0.5) is 11.4 Å². The second-order valence-electron chi connectivity index (χ2n) is 4.56. The monoisotopic (exact) mass is 256 g/mol. The predicted molar refractivity (Wildman–Crippen MR) is 80.8 cm³/mol. The van der Waals surface area contributed by atoms with Crippen molar-refractivity contribution in [2.24, 2.45) is 0 Å². The Bertz CT molecular complexity index is 552. The van der Waals surface area contributed by atoms with Crippen LogP contribution in [0.3, 0.4) is 0 Å². The van der Waals surface area contributed by atoms with Crippen LogP contribution in [0.5, 0.6) is 5.75 Å².